The second kappa shape index (κ2) is 6.38. The smallest absolute Gasteiger partial charge is 0.0326 e. The van der Waals surface area contributed by atoms with E-state index < -0.39 is 0 Å². The Labute approximate surface area is 112 Å². The van der Waals surface area contributed by atoms with Gasteiger partial charge >= 0.3 is 0 Å². The molecule has 1 heteroatoms. The van der Waals surface area contributed by atoms with Gasteiger partial charge in [-0.1, -0.05) is 57.4 Å². The maximum absolute atomic E-state index is 6.44. The van der Waals surface area contributed by atoms with E-state index in [1.165, 1.54) is 49.7 Å². The van der Waals surface area contributed by atoms with Crippen LogP contribution in [-0.4, -0.2) is 0 Å². The molecular weight excluding hydrogens is 218 g/mol. The van der Waals surface area contributed by atoms with Gasteiger partial charge in [-0.3, -0.25) is 0 Å². The first-order valence-electron chi connectivity index (χ1n) is 7.56. The van der Waals surface area contributed by atoms with Crippen LogP contribution in [0.4, 0.5) is 0 Å². The van der Waals surface area contributed by atoms with Crippen molar-refractivity contribution in [3.63, 3.8) is 0 Å². The van der Waals surface area contributed by atoms with Crippen molar-refractivity contribution in [2.45, 2.75) is 58.4 Å². The van der Waals surface area contributed by atoms with Crippen molar-refractivity contribution in [1.82, 2.24) is 0 Å². The molecule has 1 aliphatic carbocycles. The van der Waals surface area contributed by atoms with Gasteiger partial charge in [-0.25, -0.2) is 0 Å². The van der Waals surface area contributed by atoms with Crippen molar-refractivity contribution >= 4 is 0 Å². The molecule has 0 amide bonds. The van der Waals surface area contributed by atoms with E-state index in [2.05, 4.69) is 38.1 Å². The topological polar surface area (TPSA) is 26.0 Å². The molecule has 3 atom stereocenters. The van der Waals surface area contributed by atoms with E-state index in [4.69, 9.17) is 5.73 Å². The minimum atomic E-state index is 0.239. The molecule has 18 heavy (non-hydrogen) atoms. The van der Waals surface area contributed by atoms with Crippen LogP contribution < -0.4 is 5.73 Å². The molecule has 3 unspecified atom stereocenters. The molecule has 0 bridgehead atoms. The van der Waals surface area contributed by atoms with Crippen molar-refractivity contribution in [3.8, 4) is 0 Å². The molecule has 100 valence electrons. The third kappa shape index (κ3) is 3.14. The number of hydrogen-bond donors (Lipinski definition) is 1. The summed E-state index contributed by atoms with van der Waals surface area (Å²) in [7, 11) is 0. The van der Waals surface area contributed by atoms with Gasteiger partial charge in [0.1, 0.15) is 0 Å². The normalized spacial score (nSPS) is 25.3. The van der Waals surface area contributed by atoms with Gasteiger partial charge in [-0.15, -0.1) is 0 Å². The number of aryl methyl sites for hydroxylation is 1. The Hall–Kier alpha value is -0.820. The molecule has 1 aliphatic rings. The number of unbranched alkanes of at least 4 members (excludes halogenated alkanes) is 1. The Morgan fingerprint density at radius 1 is 1.22 bits per heavy atom. The molecule has 1 aromatic rings. The lowest BCUT2D eigenvalue weighted by Crippen LogP contribution is -2.23. The summed E-state index contributed by atoms with van der Waals surface area (Å²) >= 11 is 0. The van der Waals surface area contributed by atoms with Gasteiger partial charge in [-0.05, 0) is 42.2 Å². The van der Waals surface area contributed by atoms with E-state index in [1.54, 1.807) is 0 Å². The molecule has 2 N–H and O–H groups in total. The van der Waals surface area contributed by atoms with Gasteiger partial charge in [0.2, 0.25) is 0 Å². The molecule has 0 radical (unpaired) electrons. The fourth-order valence-electron chi connectivity index (χ4n) is 3.24. The van der Waals surface area contributed by atoms with Crippen molar-refractivity contribution in [1.29, 1.82) is 0 Å². The van der Waals surface area contributed by atoms with Crippen molar-refractivity contribution < 1.29 is 0 Å². The summed E-state index contributed by atoms with van der Waals surface area (Å²) in [6.45, 7) is 4.60. The summed E-state index contributed by atoms with van der Waals surface area (Å²) < 4.78 is 0. The summed E-state index contributed by atoms with van der Waals surface area (Å²) in [5.74, 6) is 1.48. The lowest BCUT2D eigenvalue weighted by Gasteiger charge is -2.23. The summed E-state index contributed by atoms with van der Waals surface area (Å²) in [5.41, 5.74) is 9.22. The zero-order valence-corrected chi connectivity index (χ0v) is 11.9. The summed E-state index contributed by atoms with van der Waals surface area (Å²) in [5, 5.41) is 0. The van der Waals surface area contributed by atoms with E-state index in [1.807, 2.05) is 0 Å². The minimum Gasteiger partial charge on any atom is -0.324 e. The van der Waals surface area contributed by atoms with Crippen LogP contribution in [0.3, 0.4) is 0 Å². The number of benzene rings is 1. The molecule has 0 spiro atoms. The Bertz CT molecular complexity index is 354. The van der Waals surface area contributed by atoms with Gasteiger partial charge in [0.05, 0.1) is 0 Å². The standard InChI is InChI=1S/C17H27N/c1-3-4-7-14-9-11-15(12-10-14)17(18)16-8-5-6-13(16)2/h9-13,16-17H,3-8,18H2,1-2H3. The van der Waals surface area contributed by atoms with Gasteiger partial charge in [0.15, 0.2) is 0 Å². The van der Waals surface area contributed by atoms with Gasteiger partial charge in [0.25, 0.3) is 0 Å². The summed E-state index contributed by atoms with van der Waals surface area (Å²) in [6.07, 6.45) is 7.76. The predicted molar refractivity (Wildman–Crippen MR) is 78.5 cm³/mol. The third-order valence-electron chi connectivity index (χ3n) is 4.57. The second-order valence-corrected chi connectivity index (χ2v) is 5.94. The van der Waals surface area contributed by atoms with Gasteiger partial charge < -0.3 is 5.73 Å². The van der Waals surface area contributed by atoms with Gasteiger partial charge in [-0.2, -0.15) is 0 Å². The molecule has 0 heterocycles. The highest BCUT2D eigenvalue weighted by Crippen LogP contribution is 2.38. The van der Waals surface area contributed by atoms with E-state index in [0.29, 0.717) is 5.92 Å². The molecule has 1 nitrogen and oxygen atoms in total. The van der Waals surface area contributed by atoms with Crippen LogP contribution in [0.1, 0.15) is 63.1 Å². The SMILES string of the molecule is CCCCc1ccc(C(N)C2CCCC2C)cc1. The molecule has 0 aliphatic heterocycles. The Morgan fingerprint density at radius 2 is 1.94 bits per heavy atom. The van der Waals surface area contributed by atoms with Crippen LogP contribution in [0.5, 0.6) is 0 Å². The maximum atomic E-state index is 6.44. The molecule has 2 rings (SSSR count). The van der Waals surface area contributed by atoms with E-state index in [9.17, 15) is 0 Å². The Morgan fingerprint density at radius 3 is 2.50 bits per heavy atom. The van der Waals surface area contributed by atoms with Crippen LogP contribution in [0, 0.1) is 11.8 Å². The zero-order valence-electron chi connectivity index (χ0n) is 11.9. The molecule has 0 aromatic heterocycles. The number of rotatable bonds is 5. The monoisotopic (exact) mass is 245 g/mol. The number of hydrogen-bond acceptors (Lipinski definition) is 1. The maximum Gasteiger partial charge on any atom is 0.0326 e. The molecule has 0 saturated heterocycles. The number of nitrogens with two attached hydrogens (primary N) is 1. The summed E-state index contributed by atoms with van der Waals surface area (Å²) in [6, 6.07) is 9.28. The fraction of sp³-hybridized carbons (Fsp3) is 0.647. The highest BCUT2D eigenvalue weighted by atomic mass is 14.7. The highest BCUT2D eigenvalue weighted by molar-refractivity contribution is 5.25. The lowest BCUT2D eigenvalue weighted by atomic mass is 9.86. The Kier molecular flexibility index (Phi) is 4.82. The van der Waals surface area contributed by atoms with Crippen molar-refractivity contribution in [2.24, 2.45) is 17.6 Å². The first-order chi connectivity index (χ1) is 8.72. The largest absolute Gasteiger partial charge is 0.324 e. The fourth-order valence-corrected chi connectivity index (χ4v) is 3.24. The van der Waals surface area contributed by atoms with E-state index >= 15 is 0 Å². The van der Waals surface area contributed by atoms with Crippen molar-refractivity contribution in [2.75, 3.05) is 0 Å². The molecule has 1 aromatic carbocycles. The van der Waals surface area contributed by atoms with Crippen LogP contribution in [-0.2, 0) is 6.42 Å². The molecular formula is C17H27N. The van der Waals surface area contributed by atoms with Crippen molar-refractivity contribution in [3.05, 3.63) is 35.4 Å². The molecule has 1 fully saturated rings. The lowest BCUT2D eigenvalue weighted by molar-refractivity contribution is 0.351. The van der Waals surface area contributed by atoms with Crippen LogP contribution in [0.2, 0.25) is 0 Å². The van der Waals surface area contributed by atoms with Gasteiger partial charge in [0, 0.05) is 6.04 Å². The zero-order chi connectivity index (χ0) is 13.0. The highest BCUT2D eigenvalue weighted by Gasteiger charge is 2.29. The van der Waals surface area contributed by atoms with E-state index in [-0.39, 0.29) is 6.04 Å². The third-order valence-corrected chi connectivity index (χ3v) is 4.57. The molecule has 1 saturated carbocycles. The predicted octanol–water partition coefficient (Wildman–Crippen LogP) is 4.47. The van der Waals surface area contributed by atoms with Crippen LogP contribution in [0.15, 0.2) is 24.3 Å². The van der Waals surface area contributed by atoms with Crippen LogP contribution >= 0.6 is 0 Å². The Balaban J connectivity index is 2.00. The first-order valence-corrected chi connectivity index (χ1v) is 7.56. The average molecular weight is 245 g/mol. The second-order valence-electron chi connectivity index (χ2n) is 5.94. The average Bonchev–Trinajstić information content (AvgIpc) is 2.82. The minimum absolute atomic E-state index is 0.239. The quantitative estimate of drug-likeness (QED) is 0.814. The first kappa shape index (κ1) is 13.6. The van der Waals surface area contributed by atoms with E-state index in [0.717, 1.165) is 5.92 Å². The van der Waals surface area contributed by atoms with Crippen LogP contribution in [0.25, 0.3) is 0 Å². The summed E-state index contributed by atoms with van der Waals surface area (Å²) in [4.78, 5) is 0.